The maximum atomic E-state index is 13.0. The van der Waals surface area contributed by atoms with Gasteiger partial charge in [-0.15, -0.1) is 0 Å². The molecule has 0 saturated heterocycles. The van der Waals surface area contributed by atoms with Gasteiger partial charge in [0.2, 0.25) is 0 Å². The monoisotopic (exact) mass is 320 g/mol. The van der Waals surface area contributed by atoms with Crippen molar-refractivity contribution in [3.8, 4) is 0 Å². The number of benzene rings is 2. The van der Waals surface area contributed by atoms with Crippen LogP contribution in [-0.2, 0) is 10.0 Å². The SMILES string of the molecule is CCN=C(NS(=O)(=O)c1ccc(C)cc1)c1ccc(F)cc1. The van der Waals surface area contributed by atoms with Crippen molar-refractivity contribution in [3.05, 3.63) is 65.5 Å². The van der Waals surface area contributed by atoms with Crippen LogP contribution in [0.5, 0.6) is 0 Å². The van der Waals surface area contributed by atoms with E-state index in [1.807, 2.05) is 6.92 Å². The molecule has 0 aromatic heterocycles. The van der Waals surface area contributed by atoms with E-state index in [1.54, 1.807) is 19.1 Å². The largest absolute Gasteiger partial charge is 0.268 e. The average Bonchev–Trinajstić information content (AvgIpc) is 2.48. The topological polar surface area (TPSA) is 58.5 Å². The number of sulfonamides is 1. The Morgan fingerprint density at radius 1 is 1.09 bits per heavy atom. The van der Waals surface area contributed by atoms with Crippen molar-refractivity contribution in [2.45, 2.75) is 18.7 Å². The summed E-state index contributed by atoms with van der Waals surface area (Å²) in [4.78, 5) is 4.31. The molecule has 0 fully saturated rings. The molecule has 0 unspecified atom stereocenters. The molecule has 0 aliphatic rings. The summed E-state index contributed by atoms with van der Waals surface area (Å²) in [6, 6.07) is 12.0. The van der Waals surface area contributed by atoms with Crippen LogP contribution in [0.3, 0.4) is 0 Å². The Labute approximate surface area is 129 Å². The maximum Gasteiger partial charge on any atom is 0.263 e. The third-order valence-electron chi connectivity index (χ3n) is 3.00. The molecule has 0 aliphatic heterocycles. The molecule has 0 atom stereocenters. The minimum absolute atomic E-state index is 0.156. The third kappa shape index (κ3) is 3.92. The molecular formula is C16H17FN2O2S. The fraction of sp³-hybridized carbons (Fsp3) is 0.188. The fourth-order valence-electron chi connectivity index (χ4n) is 1.85. The maximum absolute atomic E-state index is 13.0. The van der Waals surface area contributed by atoms with Crippen LogP contribution in [0.4, 0.5) is 4.39 Å². The second kappa shape index (κ2) is 6.70. The molecule has 22 heavy (non-hydrogen) atoms. The molecule has 0 saturated carbocycles. The first-order valence-corrected chi connectivity index (χ1v) is 8.30. The van der Waals surface area contributed by atoms with Crippen LogP contribution in [0, 0.1) is 12.7 Å². The van der Waals surface area contributed by atoms with Gasteiger partial charge in [-0.2, -0.15) is 0 Å². The van der Waals surface area contributed by atoms with Crippen LogP contribution >= 0.6 is 0 Å². The van der Waals surface area contributed by atoms with Gasteiger partial charge >= 0.3 is 0 Å². The van der Waals surface area contributed by atoms with Crippen LogP contribution in [-0.4, -0.2) is 20.8 Å². The minimum Gasteiger partial charge on any atom is -0.268 e. The van der Waals surface area contributed by atoms with Gasteiger partial charge in [0.05, 0.1) is 4.90 Å². The summed E-state index contributed by atoms with van der Waals surface area (Å²) in [5, 5.41) is 0. The van der Waals surface area contributed by atoms with Crippen molar-refractivity contribution in [2.75, 3.05) is 6.54 Å². The molecule has 0 radical (unpaired) electrons. The second-order valence-corrected chi connectivity index (χ2v) is 6.43. The number of amidine groups is 1. The van der Waals surface area contributed by atoms with Crippen molar-refractivity contribution in [1.29, 1.82) is 0 Å². The number of rotatable bonds is 4. The van der Waals surface area contributed by atoms with Crippen LogP contribution < -0.4 is 4.72 Å². The summed E-state index contributed by atoms with van der Waals surface area (Å²) in [7, 11) is -3.73. The molecule has 2 rings (SSSR count). The normalized spacial score (nSPS) is 12.2. The number of aryl methyl sites for hydroxylation is 1. The molecule has 6 heteroatoms. The minimum atomic E-state index is -3.73. The van der Waals surface area contributed by atoms with E-state index in [0.717, 1.165) is 5.56 Å². The molecule has 0 heterocycles. The summed E-state index contributed by atoms with van der Waals surface area (Å²) < 4.78 is 40.3. The van der Waals surface area contributed by atoms with Gasteiger partial charge < -0.3 is 0 Å². The predicted molar refractivity (Wildman–Crippen MR) is 85.0 cm³/mol. The number of hydrogen-bond acceptors (Lipinski definition) is 3. The van der Waals surface area contributed by atoms with E-state index in [-0.39, 0.29) is 16.5 Å². The summed E-state index contributed by atoms with van der Waals surface area (Å²) in [5.74, 6) is -0.191. The van der Waals surface area contributed by atoms with E-state index in [9.17, 15) is 12.8 Å². The van der Waals surface area contributed by atoms with Crippen LogP contribution in [0.25, 0.3) is 0 Å². The van der Waals surface area contributed by atoms with E-state index in [0.29, 0.717) is 12.1 Å². The summed E-state index contributed by atoms with van der Waals surface area (Å²) in [5.41, 5.74) is 1.49. The van der Waals surface area contributed by atoms with Gasteiger partial charge in [-0.3, -0.25) is 9.71 Å². The lowest BCUT2D eigenvalue weighted by Crippen LogP contribution is -2.31. The quantitative estimate of drug-likeness (QED) is 0.695. The lowest BCUT2D eigenvalue weighted by molar-refractivity contribution is 0.592. The lowest BCUT2D eigenvalue weighted by Gasteiger charge is -2.11. The van der Waals surface area contributed by atoms with Gasteiger partial charge in [-0.05, 0) is 50.2 Å². The molecule has 4 nitrogen and oxygen atoms in total. The molecule has 1 N–H and O–H groups in total. The summed E-state index contributed by atoms with van der Waals surface area (Å²) in [6.07, 6.45) is 0. The Kier molecular flexibility index (Phi) is 4.92. The molecule has 2 aromatic carbocycles. The van der Waals surface area contributed by atoms with Gasteiger partial charge in [-0.25, -0.2) is 12.8 Å². The standard InChI is InChI=1S/C16H17FN2O2S/c1-3-18-16(13-6-8-14(17)9-7-13)19-22(20,21)15-10-4-12(2)5-11-15/h4-11H,3H2,1-2H3,(H,18,19). The predicted octanol–water partition coefficient (Wildman–Crippen LogP) is 2.88. The number of hydrogen-bond donors (Lipinski definition) is 1. The van der Waals surface area contributed by atoms with E-state index >= 15 is 0 Å². The lowest BCUT2D eigenvalue weighted by atomic mass is 10.2. The highest BCUT2D eigenvalue weighted by Crippen LogP contribution is 2.12. The molecular weight excluding hydrogens is 303 g/mol. The van der Waals surface area contributed by atoms with Gasteiger partial charge in [0.25, 0.3) is 10.0 Å². The van der Waals surface area contributed by atoms with Gasteiger partial charge in [0.1, 0.15) is 11.7 Å². The zero-order valence-electron chi connectivity index (χ0n) is 12.4. The van der Waals surface area contributed by atoms with Gasteiger partial charge in [0, 0.05) is 12.1 Å². The Morgan fingerprint density at radius 2 is 1.68 bits per heavy atom. The Hall–Kier alpha value is -2.21. The first kappa shape index (κ1) is 16.2. The zero-order chi connectivity index (χ0) is 16.2. The van der Waals surface area contributed by atoms with E-state index in [4.69, 9.17) is 0 Å². The molecule has 2 aromatic rings. The number of nitrogens with one attached hydrogen (secondary N) is 1. The smallest absolute Gasteiger partial charge is 0.263 e. The van der Waals surface area contributed by atoms with Gasteiger partial charge in [0.15, 0.2) is 0 Å². The van der Waals surface area contributed by atoms with Crippen molar-refractivity contribution >= 4 is 15.9 Å². The molecule has 116 valence electrons. The van der Waals surface area contributed by atoms with Crippen molar-refractivity contribution < 1.29 is 12.8 Å². The number of aliphatic imine (C=N–C) groups is 1. The highest BCUT2D eigenvalue weighted by Gasteiger charge is 2.17. The zero-order valence-corrected chi connectivity index (χ0v) is 13.2. The van der Waals surface area contributed by atoms with E-state index in [2.05, 4.69) is 9.71 Å². The van der Waals surface area contributed by atoms with E-state index in [1.165, 1.54) is 36.4 Å². The Morgan fingerprint density at radius 3 is 2.23 bits per heavy atom. The average molecular weight is 320 g/mol. The van der Waals surface area contributed by atoms with E-state index < -0.39 is 10.0 Å². The van der Waals surface area contributed by atoms with Crippen molar-refractivity contribution in [3.63, 3.8) is 0 Å². The van der Waals surface area contributed by atoms with Gasteiger partial charge in [-0.1, -0.05) is 17.7 Å². The van der Waals surface area contributed by atoms with Crippen molar-refractivity contribution in [2.24, 2.45) is 4.99 Å². The Balaban J connectivity index is 2.33. The second-order valence-electron chi connectivity index (χ2n) is 4.75. The molecule has 0 aliphatic carbocycles. The number of halogens is 1. The fourth-order valence-corrected chi connectivity index (χ4v) is 2.90. The highest BCUT2D eigenvalue weighted by molar-refractivity contribution is 7.90. The van der Waals surface area contributed by atoms with Crippen LogP contribution in [0.15, 0.2) is 58.4 Å². The summed E-state index contributed by atoms with van der Waals surface area (Å²) in [6.45, 7) is 4.08. The number of nitrogens with zero attached hydrogens (tertiary/aromatic N) is 1. The van der Waals surface area contributed by atoms with Crippen LogP contribution in [0.2, 0.25) is 0 Å². The first-order chi connectivity index (χ1) is 10.4. The molecule has 0 amide bonds. The summed E-state index contributed by atoms with van der Waals surface area (Å²) >= 11 is 0. The third-order valence-corrected chi connectivity index (χ3v) is 4.35. The van der Waals surface area contributed by atoms with Crippen LogP contribution in [0.1, 0.15) is 18.1 Å². The first-order valence-electron chi connectivity index (χ1n) is 6.82. The molecule has 0 spiro atoms. The molecule has 0 bridgehead atoms. The highest BCUT2D eigenvalue weighted by atomic mass is 32.2. The Bertz CT molecular complexity index is 767. The van der Waals surface area contributed by atoms with Crippen molar-refractivity contribution in [1.82, 2.24) is 4.72 Å².